The molecular formula is C12H17BrN2. The van der Waals surface area contributed by atoms with Crippen LogP contribution >= 0.6 is 15.9 Å². The molecule has 0 aliphatic carbocycles. The molecular weight excluding hydrogens is 252 g/mol. The molecule has 0 spiro atoms. The van der Waals surface area contributed by atoms with Crippen LogP contribution in [0.3, 0.4) is 0 Å². The van der Waals surface area contributed by atoms with Crippen LogP contribution in [-0.4, -0.2) is 11.5 Å². The van der Waals surface area contributed by atoms with Gasteiger partial charge < -0.3 is 5.32 Å². The number of pyridine rings is 1. The first kappa shape index (κ1) is 12.4. The van der Waals surface area contributed by atoms with E-state index in [0.717, 1.165) is 28.7 Å². The quantitative estimate of drug-likeness (QED) is 0.828. The Bertz CT molecular complexity index is 319. The topological polar surface area (TPSA) is 24.9 Å². The highest BCUT2D eigenvalue weighted by Gasteiger charge is 2.11. The summed E-state index contributed by atoms with van der Waals surface area (Å²) in [5, 5.41) is 3.43. The van der Waals surface area contributed by atoms with E-state index in [2.05, 4.69) is 39.7 Å². The minimum atomic E-state index is 0.165. The lowest BCUT2D eigenvalue weighted by atomic mass is 10.1. The average molecular weight is 269 g/mol. The molecule has 3 heteroatoms. The zero-order valence-corrected chi connectivity index (χ0v) is 10.8. The average Bonchev–Trinajstić information content (AvgIpc) is 2.21. The van der Waals surface area contributed by atoms with Crippen molar-refractivity contribution in [1.82, 2.24) is 10.3 Å². The van der Waals surface area contributed by atoms with E-state index in [4.69, 9.17) is 0 Å². The van der Waals surface area contributed by atoms with Gasteiger partial charge in [-0.2, -0.15) is 0 Å². The Morgan fingerprint density at radius 1 is 1.60 bits per heavy atom. The predicted molar refractivity (Wildman–Crippen MR) is 67.8 cm³/mol. The van der Waals surface area contributed by atoms with Gasteiger partial charge in [-0.25, -0.2) is 0 Å². The van der Waals surface area contributed by atoms with Crippen LogP contribution in [-0.2, 0) is 0 Å². The summed E-state index contributed by atoms with van der Waals surface area (Å²) in [6.07, 6.45) is 2.93. The van der Waals surface area contributed by atoms with Gasteiger partial charge in [0.15, 0.2) is 0 Å². The fourth-order valence-corrected chi connectivity index (χ4v) is 1.61. The SMILES string of the molecule is C=C(C)C(NCCC)c1ccc(Br)cn1. The largest absolute Gasteiger partial charge is 0.305 e. The van der Waals surface area contributed by atoms with E-state index < -0.39 is 0 Å². The third-order valence-electron chi connectivity index (χ3n) is 2.14. The fourth-order valence-electron chi connectivity index (χ4n) is 1.38. The summed E-state index contributed by atoms with van der Waals surface area (Å²) in [5.41, 5.74) is 2.12. The van der Waals surface area contributed by atoms with Crippen molar-refractivity contribution in [2.75, 3.05) is 6.54 Å². The van der Waals surface area contributed by atoms with Crippen LogP contribution in [0.15, 0.2) is 35.0 Å². The van der Waals surface area contributed by atoms with E-state index in [1.807, 2.05) is 25.3 Å². The Kier molecular flexibility index (Phi) is 4.99. The number of halogens is 1. The molecule has 0 aliphatic heterocycles. The monoisotopic (exact) mass is 268 g/mol. The van der Waals surface area contributed by atoms with E-state index in [1.165, 1.54) is 0 Å². The van der Waals surface area contributed by atoms with Gasteiger partial charge in [-0.3, -0.25) is 4.98 Å². The van der Waals surface area contributed by atoms with Gasteiger partial charge in [-0.05, 0) is 48.0 Å². The van der Waals surface area contributed by atoms with Gasteiger partial charge in [0.1, 0.15) is 0 Å². The zero-order valence-electron chi connectivity index (χ0n) is 9.26. The summed E-state index contributed by atoms with van der Waals surface area (Å²) >= 11 is 3.38. The van der Waals surface area contributed by atoms with Crippen molar-refractivity contribution in [2.24, 2.45) is 0 Å². The van der Waals surface area contributed by atoms with Gasteiger partial charge in [0.05, 0.1) is 11.7 Å². The Balaban J connectivity index is 2.79. The summed E-state index contributed by atoms with van der Waals surface area (Å²) in [5.74, 6) is 0. The number of nitrogens with one attached hydrogen (secondary N) is 1. The number of hydrogen-bond donors (Lipinski definition) is 1. The van der Waals surface area contributed by atoms with Gasteiger partial charge >= 0.3 is 0 Å². The molecule has 0 amide bonds. The van der Waals surface area contributed by atoms with Crippen LogP contribution < -0.4 is 5.32 Å². The van der Waals surface area contributed by atoms with Gasteiger partial charge in [-0.1, -0.05) is 19.1 Å². The molecule has 1 N–H and O–H groups in total. The Morgan fingerprint density at radius 2 is 2.33 bits per heavy atom. The normalized spacial score (nSPS) is 12.5. The Morgan fingerprint density at radius 3 is 2.80 bits per heavy atom. The number of aromatic nitrogens is 1. The van der Waals surface area contributed by atoms with E-state index in [0.29, 0.717) is 0 Å². The van der Waals surface area contributed by atoms with Crippen LogP contribution in [0.2, 0.25) is 0 Å². The molecule has 82 valence electrons. The number of rotatable bonds is 5. The van der Waals surface area contributed by atoms with Crippen molar-refractivity contribution in [3.8, 4) is 0 Å². The minimum Gasteiger partial charge on any atom is -0.305 e. The first-order valence-electron chi connectivity index (χ1n) is 5.15. The molecule has 0 bridgehead atoms. The van der Waals surface area contributed by atoms with E-state index in [1.54, 1.807) is 0 Å². The first-order valence-corrected chi connectivity index (χ1v) is 5.94. The maximum atomic E-state index is 4.38. The van der Waals surface area contributed by atoms with Crippen molar-refractivity contribution in [3.05, 3.63) is 40.6 Å². The van der Waals surface area contributed by atoms with Crippen LogP contribution in [0.5, 0.6) is 0 Å². The molecule has 2 nitrogen and oxygen atoms in total. The smallest absolute Gasteiger partial charge is 0.0705 e. The summed E-state index contributed by atoms with van der Waals surface area (Å²) < 4.78 is 1.00. The third-order valence-corrected chi connectivity index (χ3v) is 2.61. The molecule has 1 unspecified atom stereocenters. The standard InChI is InChI=1S/C12H17BrN2/c1-4-7-14-12(9(2)3)11-6-5-10(13)8-15-11/h5-6,8,12,14H,2,4,7H2,1,3H3. The molecule has 1 atom stereocenters. The second kappa shape index (κ2) is 6.03. The van der Waals surface area contributed by atoms with Crippen LogP contribution in [0.25, 0.3) is 0 Å². The highest BCUT2D eigenvalue weighted by Crippen LogP contribution is 2.19. The van der Waals surface area contributed by atoms with Crippen molar-refractivity contribution in [3.63, 3.8) is 0 Å². The third kappa shape index (κ3) is 3.76. The van der Waals surface area contributed by atoms with Gasteiger partial charge in [-0.15, -0.1) is 0 Å². The number of nitrogens with zero attached hydrogens (tertiary/aromatic N) is 1. The van der Waals surface area contributed by atoms with Crippen LogP contribution in [0.4, 0.5) is 0 Å². The molecule has 0 fully saturated rings. The van der Waals surface area contributed by atoms with Crippen LogP contribution in [0.1, 0.15) is 32.0 Å². The Hall–Kier alpha value is -0.670. The molecule has 0 aromatic carbocycles. The molecule has 0 saturated carbocycles. The van der Waals surface area contributed by atoms with Gasteiger partial charge in [0, 0.05) is 10.7 Å². The molecule has 1 heterocycles. The Labute approximate surface area is 99.9 Å². The van der Waals surface area contributed by atoms with Crippen molar-refractivity contribution in [1.29, 1.82) is 0 Å². The predicted octanol–water partition coefficient (Wildman–Crippen LogP) is 3.46. The second-order valence-electron chi connectivity index (χ2n) is 3.63. The highest BCUT2D eigenvalue weighted by molar-refractivity contribution is 9.10. The number of hydrogen-bond acceptors (Lipinski definition) is 2. The van der Waals surface area contributed by atoms with Crippen LogP contribution in [0, 0.1) is 0 Å². The molecule has 0 radical (unpaired) electrons. The summed E-state index contributed by atoms with van der Waals surface area (Å²) in [6.45, 7) is 9.15. The van der Waals surface area contributed by atoms with E-state index in [-0.39, 0.29) is 6.04 Å². The summed E-state index contributed by atoms with van der Waals surface area (Å²) in [7, 11) is 0. The molecule has 1 aromatic heterocycles. The van der Waals surface area contributed by atoms with Crippen molar-refractivity contribution >= 4 is 15.9 Å². The fraction of sp³-hybridized carbons (Fsp3) is 0.417. The molecule has 15 heavy (non-hydrogen) atoms. The maximum absolute atomic E-state index is 4.38. The summed E-state index contributed by atoms with van der Waals surface area (Å²) in [4.78, 5) is 4.38. The molecule has 0 aliphatic rings. The molecule has 1 aromatic rings. The lowest BCUT2D eigenvalue weighted by Gasteiger charge is -2.17. The lowest BCUT2D eigenvalue weighted by molar-refractivity contribution is 0.579. The first-order chi connectivity index (χ1) is 7.15. The molecule has 1 rings (SSSR count). The van der Waals surface area contributed by atoms with Crippen molar-refractivity contribution < 1.29 is 0 Å². The van der Waals surface area contributed by atoms with Crippen molar-refractivity contribution in [2.45, 2.75) is 26.3 Å². The molecule has 0 saturated heterocycles. The van der Waals surface area contributed by atoms with Gasteiger partial charge in [0.2, 0.25) is 0 Å². The summed E-state index contributed by atoms with van der Waals surface area (Å²) in [6, 6.07) is 4.19. The second-order valence-corrected chi connectivity index (χ2v) is 4.55. The lowest BCUT2D eigenvalue weighted by Crippen LogP contribution is -2.23. The zero-order chi connectivity index (χ0) is 11.3. The maximum Gasteiger partial charge on any atom is 0.0705 e. The van der Waals surface area contributed by atoms with Gasteiger partial charge in [0.25, 0.3) is 0 Å². The van der Waals surface area contributed by atoms with E-state index in [9.17, 15) is 0 Å². The minimum absolute atomic E-state index is 0.165. The highest BCUT2D eigenvalue weighted by atomic mass is 79.9. The van der Waals surface area contributed by atoms with E-state index >= 15 is 0 Å².